The number of β-amino-alcohol motifs (C(OH)–C–C–N with tert-alkyl or cyclic N) is 1. The second-order valence-corrected chi connectivity index (χ2v) is 8.66. The molecular weight excluding hydrogens is 286 g/mol. The van der Waals surface area contributed by atoms with E-state index in [2.05, 4.69) is 31.7 Å². The van der Waals surface area contributed by atoms with Crippen molar-refractivity contribution in [3.8, 4) is 5.75 Å². The molecule has 1 heterocycles. The Morgan fingerprint density at radius 2 is 1.96 bits per heavy atom. The third-order valence-corrected chi connectivity index (χ3v) is 7.28. The van der Waals surface area contributed by atoms with Gasteiger partial charge in [0.15, 0.2) is 0 Å². The van der Waals surface area contributed by atoms with E-state index < -0.39 is 5.60 Å². The third-order valence-electron chi connectivity index (χ3n) is 7.28. The quantitative estimate of drug-likeness (QED) is 0.900. The molecule has 2 atom stereocenters. The summed E-state index contributed by atoms with van der Waals surface area (Å²) in [5, 5.41) is 20.5. The van der Waals surface area contributed by atoms with E-state index in [1.807, 2.05) is 12.1 Å². The van der Waals surface area contributed by atoms with Gasteiger partial charge >= 0.3 is 0 Å². The van der Waals surface area contributed by atoms with E-state index in [1.54, 1.807) is 0 Å². The minimum absolute atomic E-state index is 0.132. The van der Waals surface area contributed by atoms with Crippen LogP contribution >= 0.6 is 0 Å². The first kappa shape index (κ1) is 15.5. The highest BCUT2D eigenvalue weighted by Gasteiger charge is 2.58. The molecule has 2 bridgehead atoms. The van der Waals surface area contributed by atoms with Crippen molar-refractivity contribution in [1.29, 1.82) is 0 Å². The first-order valence-corrected chi connectivity index (χ1v) is 9.10. The molecule has 3 heteroatoms. The summed E-state index contributed by atoms with van der Waals surface area (Å²) in [6.45, 7) is 8.98. The van der Waals surface area contributed by atoms with E-state index in [1.165, 1.54) is 11.1 Å². The summed E-state index contributed by atoms with van der Waals surface area (Å²) in [7, 11) is 0. The third kappa shape index (κ3) is 2.09. The molecule has 0 aromatic heterocycles. The van der Waals surface area contributed by atoms with Gasteiger partial charge in [0.05, 0.1) is 5.60 Å². The van der Waals surface area contributed by atoms with Crippen LogP contribution in [0.5, 0.6) is 5.75 Å². The molecule has 2 fully saturated rings. The van der Waals surface area contributed by atoms with Crippen LogP contribution in [0.2, 0.25) is 0 Å². The zero-order chi connectivity index (χ0) is 16.5. The van der Waals surface area contributed by atoms with Crippen LogP contribution < -0.4 is 0 Å². The maximum atomic E-state index is 10.4. The van der Waals surface area contributed by atoms with Gasteiger partial charge in [-0.05, 0) is 67.3 Å². The summed E-state index contributed by atoms with van der Waals surface area (Å²) in [6.07, 6.45) is 5.16. The highest BCUT2D eigenvalue weighted by Crippen LogP contribution is 2.58. The van der Waals surface area contributed by atoms with Crippen molar-refractivity contribution in [1.82, 2.24) is 4.90 Å². The number of hydrogen-bond acceptors (Lipinski definition) is 3. The van der Waals surface area contributed by atoms with E-state index in [9.17, 15) is 10.2 Å². The second-order valence-electron chi connectivity index (χ2n) is 8.66. The van der Waals surface area contributed by atoms with E-state index >= 15 is 0 Å². The van der Waals surface area contributed by atoms with Gasteiger partial charge in [-0.1, -0.05) is 26.8 Å². The molecule has 4 rings (SSSR count). The summed E-state index contributed by atoms with van der Waals surface area (Å²) in [5.41, 5.74) is 2.61. The van der Waals surface area contributed by atoms with Gasteiger partial charge in [0.25, 0.3) is 0 Å². The van der Waals surface area contributed by atoms with E-state index in [0.717, 1.165) is 45.2 Å². The first-order valence-electron chi connectivity index (χ1n) is 9.10. The molecule has 1 saturated heterocycles. The molecule has 0 spiro atoms. The minimum atomic E-state index is -0.419. The maximum absolute atomic E-state index is 10.4. The molecule has 126 valence electrons. The predicted octanol–water partition coefficient (Wildman–Crippen LogP) is 3.22. The van der Waals surface area contributed by atoms with Crippen LogP contribution in [-0.4, -0.2) is 39.8 Å². The summed E-state index contributed by atoms with van der Waals surface area (Å²) in [5.74, 6) is 0.389. The van der Waals surface area contributed by atoms with Gasteiger partial charge in [0, 0.05) is 18.0 Å². The zero-order valence-corrected chi connectivity index (χ0v) is 14.6. The number of piperidine rings is 1. The van der Waals surface area contributed by atoms with Crippen LogP contribution in [0, 0.1) is 5.41 Å². The fourth-order valence-corrected chi connectivity index (χ4v) is 5.54. The van der Waals surface area contributed by atoms with Gasteiger partial charge in [0.1, 0.15) is 5.75 Å². The lowest BCUT2D eigenvalue weighted by atomic mass is 9.49. The predicted molar refractivity (Wildman–Crippen MR) is 91.7 cm³/mol. The normalized spacial score (nSPS) is 34.0. The van der Waals surface area contributed by atoms with Crippen LogP contribution in [0.25, 0.3) is 0 Å². The number of benzene rings is 1. The standard InChI is InChI=1S/C20H29NO2/c1-4-20-9-10-21(13-19(23)7-8-19)17(18(20,2)3)11-14-5-6-15(22)12-16(14)20/h5-6,12,17,22-23H,4,7-11,13H2,1-3H3/t17-,20?/m1/s1. The molecule has 23 heavy (non-hydrogen) atoms. The number of hydrogen-bond donors (Lipinski definition) is 2. The van der Waals surface area contributed by atoms with Crippen molar-refractivity contribution in [2.45, 2.75) is 69.9 Å². The molecule has 3 aliphatic rings. The van der Waals surface area contributed by atoms with Crippen molar-refractivity contribution in [3.63, 3.8) is 0 Å². The summed E-state index contributed by atoms with van der Waals surface area (Å²) in [6, 6.07) is 6.43. The smallest absolute Gasteiger partial charge is 0.115 e. The molecule has 1 aliphatic heterocycles. The molecule has 1 aromatic rings. The number of likely N-dealkylation sites (tertiary alicyclic amines) is 1. The second kappa shape index (κ2) is 4.73. The van der Waals surface area contributed by atoms with E-state index in [4.69, 9.17) is 0 Å². The Bertz CT molecular complexity index is 635. The molecule has 3 nitrogen and oxygen atoms in total. The van der Waals surface area contributed by atoms with Gasteiger partial charge < -0.3 is 10.2 Å². The van der Waals surface area contributed by atoms with Crippen molar-refractivity contribution in [3.05, 3.63) is 29.3 Å². The minimum Gasteiger partial charge on any atom is -0.508 e. The number of aromatic hydroxyl groups is 1. The van der Waals surface area contributed by atoms with Crippen LogP contribution in [0.4, 0.5) is 0 Å². The van der Waals surface area contributed by atoms with Crippen LogP contribution in [0.15, 0.2) is 18.2 Å². The number of fused-ring (bicyclic) bond motifs is 4. The molecule has 2 aliphatic carbocycles. The highest BCUT2D eigenvalue weighted by atomic mass is 16.3. The van der Waals surface area contributed by atoms with Crippen molar-refractivity contribution in [2.24, 2.45) is 5.41 Å². The Labute approximate surface area is 139 Å². The Hall–Kier alpha value is -1.06. The molecular formula is C20H29NO2. The molecule has 2 N–H and O–H groups in total. The Morgan fingerprint density at radius 1 is 1.22 bits per heavy atom. The van der Waals surface area contributed by atoms with Gasteiger partial charge in [-0.25, -0.2) is 0 Å². The fourth-order valence-electron chi connectivity index (χ4n) is 5.54. The van der Waals surface area contributed by atoms with Crippen molar-refractivity contribution in [2.75, 3.05) is 13.1 Å². The summed E-state index contributed by atoms with van der Waals surface area (Å²) >= 11 is 0. The number of phenols is 1. The maximum Gasteiger partial charge on any atom is 0.115 e. The van der Waals surface area contributed by atoms with Crippen LogP contribution in [0.1, 0.15) is 57.6 Å². The SMILES string of the molecule is CCC12CCN(CC3(O)CC3)[C@H](Cc3ccc(O)cc31)C2(C)C. The number of aliphatic hydroxyl groups is 1. The summed E-state index contributed by atoms with van der Waals surface area (Å²) in [4.78, 5) is 2.55. The lowest BCUT2D eigenvalue weighted by Gasteiger charge is -2.62. The monoisotopic (exact) mass is 315 g/mol. The average molecular weight is 315 g/mol. The fraction of sp³-hybridized carbons (Fsp3) is 0.700. The van der Waals surface area contributed by atoms with Crippen molar-refractivity contribution >= 4 is 0 Å². The number of nitrogens with zero attached hydrogens (tertiary/aromatic N) is 1. The first-order chi connectivity index (χ1) is 10.8. The Morgan fingerprint density at radius 3 is 2.61 bits per heavy atom. The summed E-state index contributed by atoms with van der Waals surface area (Å²) < 4.78 is 0. The van der Waals surface area contributed by atoms with Gasteiger partial charge in [-0.3, -0.25) is 4.90 Å². The van der Waals surface area contributed by atoms with Crippen LogP contribution in [-0.2, 0) is 11.8 Å². The van der Waals surface area contributed by atoms with Gasteiger partial charge in [-0.15, -0.1) is 0 Å². The number of phenolic OH excluding ortho intramolecular Hbond substituents is 1. The van der Waals surface area contributed by atoms with Gasteiger partial charge in [-0.2, -0.15) is 0 Å². The topological polar surface area (TPSA) is 43.7 Å². The Balaban J connectivity index is 1.79. The lowest BCUT2D eigenvalue weighted by Crippen LogP contribution is -2.65. The zero-order valence-electron chi connectivity index (χ0n) is 14.6. The van der Waals surface area contributed by atoms with Crippen LogP contribution in [0.3, 0.4) is 0 Å². The van der Waals surface area contributed by atoms with E-state index in [-0.39, 0.29) is 10.8 Å². The lowest BCUT2D eigenvalue weighted by molar-refractivity contribution is -0.0665. The largest absolute Gasteiger partial charge is 0.508 e. The molecule has 0 radical (unpaired) electrons. The van der Waals surface area contributed by atoms with E-state index in [0.29, 0.717) is 11.8 Å². The Kier molecular flexibility index (Phi) is 3.18. The average Bonchev–Trinajstić information content (AvgIpc) is 3.21. The van der Waals surface area contributed by atoms with Gasteiger partial charge in [0.2, 0.25) is 0 Å². The molecule has 1 unspecified atom stereocenters. The molecule has 1 aromatic carbocycles. The molecule has 1 saturated carbocycles. The molecule has 0 amide bonds. The highest BCUT2D eigenvalue weighted by molar-refractivity contribution is 5.46. The van der Waals surface area contributed by atoms with Crippen molar-refractivity contribution < 1.29 is 10.2 Å². The number of rotatable bonds is 3.